The van der Waals surface area contributed by atoms with Crippen LogP contribution in [0.4, 0.5) is 23.1 Å². The van der Waals surface area contributed by atoms with Crippen molar-refractivity contribution in [2.24, 2.45) is 5.73 Å². The fourth-order valence-electron chi connectivity index (χ4n) is 3.18. The van der Waals surface area contributed by atoms with Crippen molar-refractivity contribution in [1.82, 2.24) is 25.1 Å². The van der Waals surface area contributed by atoms with Gasteiger partial charge in [0.2, 0.25) is 0 Å². The highest BCUT2D eigenvalue weighted by Crippen LogP contribution is 2.29. The summed E-state index contributed by atoms with van der Waals surface area (Å²) in [6.45, 7) is 3.86. The number of anilines is 4. The standard InChI is InChI=1S/C17H23N9/c1-17(19)4-7-26(8-5-17)13-10-21-14-15(22-13)23-24-16(14)25(2)11-3-6-20-12(18)9-11/h3,6,9-10H,4-5,7-8,19H2,1-2H3,(H2,18,20)(H,22,23,24). The molecule has 4 heterocycles. The third-order valence-corrected chi connectivity index (χ3v) is 4.94. The van der Waals surface area contributed by atoms with Crippen molar-refractivity contribution in [3.8, 4) is 0 Å². The highest BCUT2D eigenvalue weighted by molar-refractivity contribution is 5.87. The van der Waals surface area contributed by atoms with E-state index in [0.29, 0.717) is 22.8 Å². The molecule has 0 unspecified atom stereocenters. The molecule has 0 atom stereocenters. The minimum Gasteiger partial charge on any atom is -0.384 e. The zero-order chi connectivity index (χ0) is 18.3. The maximum absolute atomic E-state index is 6.21. The number of aromatic nitrogens is 5. The van der Waals surface area contributed by atoms with E-state index >= 15 is 0 Å². The first-order chi connectivity index (χ1) is 12.4. The number of hydrogen-bond acceptors (Lipinski definition) is 8. The molecule has 4 rings (SSSR count). The van der Waals surface area contributed by atoms with Crippen molar-refractivity contribution in [2.75, 3.05) is 35.7 Å². The van der Waals surface area contributed by atoms with Crippen molar-refractivity contribution in [3.63, 3.8) is 0 Å². The first-order valence-corrected chi connectivity index (χ1v) is 8.63. The van der Waals surface area contributed by atoms with Gasteiger partial charge in [-0.2, -0.15) is 5.10 Å². The van der Waals surface area contributed by atoms with Gasteiger partial charge < -0.3 is 21.3 Å². The molecule has 1 aliphatic rings. The maximum atomic E-state index is 6.21. The van der Waals surface area contributed by atoms with Gasteiger partial charge in [-0.05, 0) is 25.8 Å². The van der Waals surface area contributed by atoms with E-state index < -0.39 is 0 Å². The Labute approximate surface area is 151 Å². The summed E-state index contributed by atoms with van der Waals surface area (Å²) in [5.41, 5.74) is 14.2. The van der Waals surface area contributed by atoms with Crippen LogP contribution >= 0.6 is 0 Å². The van der Waals surface area contributed by atoms with Crippen LogP contribution in [-0.4, -0.2) is 50.8 Å². The molecule has 5 N–H and O–H groups in total. The van der Waals surface area contributed by atoms with Crippen molar-refractivity contribution in [1.29, 1.82) is 0 Å². The second-order valence-electron chi connectivity index (χ2n) is 7.11. The van der Waals surface area contributed by atoms with Crippen molar-refractivity contribution in [2.45, 2.75) is 25.3 Å². The maximum Gasteiger partial charge on any atom is 0.182 e. The number of pyridine rings is 1. The van der Waals surface area contributed by atoms with Crippen molar-refractivity contribution in [3.05, 3.63) is 24.5 Å². The Kier molecular flexibility index (Phi) is 3.87. The van der Waals surface area contributed by atoms with Gasteiger partial charge >= 0.3 is 0 Å². The van der Waals surface area contributed by atoms with Gasteiger partial charge in [-0.15, -0.1) is 0 Å². The molecule has 0 radical (unpaired) electrons. The van der Waals surface area contributed by atoms with Gasteiger partial charge in [0.15, 0.2) is 17.0 Å². The van der Waals surface area contributed by atoms with Crippen molar-refractivity contribution >= 4 is 34.3 Å². The number of aromatic amines is 1. The lowest BCUT2D eigenvalue weighted by Crippen LogP contribution is -2.48. The van der Waals surface area contributed by atoms with E-state index in [-0.39, 0.29) is 5.54 Å². The normalized spacial score (nSPS) is 16.8. The molecule has 0 spiro atoms. The number of nitrogens with two attached hydrogens (primary N) is 2. The van der Waals surface area contributed by atoms with Crippen LogP contribution in [0.2, 0.25) is 0 Å². The third-order valence-electron chi connectivity index (χ3n) is 4.94. The Balaban J connectivity index is 1.62. The molecule has 1 saturated heterocycles. The lowest BCUT2D eigenvalue weighted by atomic mass is 9.91. The Morgan fingerprint density at radius 1 is 1.27 bits per heavy atom. The van der Waals surface area contributed by atoms with Crippen molar-refractivity contribution < 1.29 is 0 Å². The van der Waals surface area contributed by atoms with Crippen LogP contribution < -0.4 is 21.3 Å². The number of nitrogens with zero attached hydrogens (tertiary/aromatic N) is 6. The monoisotopic (exact) mass is 353 g/mol. The van der Waals surface area contributed by atoms with E-state index in [4.69, 9.17) is 16.5 Å². The zero-order valence-corrected chi connectivity index (χ0v) is 15.0. The molecule has 136 valence electrons. The Hall–Kier alpha value is -2.94. The summed E-state index contributed by atoms with van der Waals surface area (Å²) in [6.07, 6.45) is 5.34. The number of rotatable bonds is 3. The molecular weight excluding hydrogens is 330 g/mol. The van der Waals surface area contributed by atoms with Crippen LogP contribution in [0.5, 0.6) is 0 Å². The average molecular weight is 353 g/mol. The van der Waals surface area contributed by atoms with Gasteiger partial charge in [0.25, 0.3) is 0 Å². The lowest BCUT2D eigenvalue weighted by Gasteiger charge is -2.37. The smallest absolute Gasteiger partial charge is 0.182 e. The van der Waals surface area contributed by atoms with Crippen LogP contribution in [0.1, 0.15) is 19.8 Å². The minimum absolute atomic E-state index is 0.0930. The van der Waals surface area contributed by atoms with Crippen LogP contribution in [0, 0.1) is 0 Å². The molecule has 0 saturated carbocycles. The molecule has 0 amide bonds. The first kappa shape index (κ1) is 16.5. The summed E-state index contributed by atoms with van der Waals surface area (Å²) < 4.78 is 0. The van der Waals surface area contributed by atoms with Gasteiger partial charge in [-0.25, -0.2) is 15.0 Å². The number of piperidine rings is 1. The summed E-state index contributed by atoms with van der Waals surface area (Å²) >= 11 is 0. The SMILES string of the molecule is CN(c1ccnc(N)c1)c1n[nH]c2nc(N3CCC(C)(N)CC3)cnc12. The molecule has 1 fully saturated rings. The summed E-state index contributed by atoms with van der Waals surface area (Å²) in [6, 6.07) is 3.66. The molecule has 0 aliphatic carbocycles. The second-order valence-corrected chi connectivity index (χ2v) is 7.11. The molecule has 9 nitrogen and oxygen atoms in total. The van der Waals surface area contributed by atoms with Crippen LogP contribution in [0.3, 0.4) is 0 Å². The zero-order valence-electron chi connectivity index (χ0n) is 15.0. The van der Waals surface area contributed by atoms with E-state index in [1.165, 1.54) is 0 Å². The summed E-state index contributed by atoms with van der Waals surface area (Å²) in [5.74, 6) is 2.00. The Bertz CT molecular complexity index is 923. The molecule has 0 aromatic carbocycles. The van der Waals surface area contributed by atoms with Crippen LogP contribution in [0.15, 0.2) is 24.5 Å². The van der Waals surface area contributed by atoms with Crippen LogP contribution in [0.25, 0.3) is 11.2 Å². The predicted octanol–water partition coefficient (Wildman–Crippen LogP) is 1.42. The topological polar surface area (TPSA) is 126 Å². The fourth-order valence-corrected chi connectivity index (χ4v) is 3.18. The van der Waals surface area contributed by atoms with Gasteiger partial charge in [-0.3, -0.25) is 5.10 Å². The van der Waals surface area contributed by atoms with Gasteiger partial charge in [0.1, 0.15) is 11.6 Å². The summed E-state index contributed by atoms with van der Waals surface area (Å²) in [4.78, 5) is 17.5. The number of H-pyrrole nitrogens is 1. The summed E-state index contributed by atoms with van der Waals surface area (Å²) in [7, 11) is 1.91. The molecule has 1 aliphatic heterocycles. The quantitative estimate of drug-likeness (QED) is 0.645. The lowest BCUT2D eigenvalue weighted by molar-refractivity contribution is 0.363. The number of hydrogen-bond donors (Lipinski definition) is 3. The van der Waals surface area contributed by atoms with E-state index in [1.807, 2.05) is 18.0 Å². The van der Waals surface area contributed by atoms with E-state index in [1.54, 1.807) is 18.5 Å². The predicted molar refractivity (Wildman–Crippen MR) is 102 cm³/mol. The molecular formula is C17H23N9. The molecule has 3 aromatic rings. The Morgan fingerprint density at radius 3 is 2.77 bits per heavy atom. The Morgan fingerprint density at radius 2 is 2.04 bits per heavy atom. The highest BCUT2D eigenvalue weighted by Gasteiger charge is 2.27. The van der Waals surface area contributed by atoms with Gasteiger partial charge in [0, 0.05) is 43.6 Å². The average Bonchev–Trinajstić information content (AvgIpc) is 3.04. The number of fused-ring (bicyclic) bond motifs is 1. The highest BCUT2D eigenvalue weighted by atomic mass is 15.3. The first-order valence-electron chi connectivity index (χ1n) is 8.63. The largest absolute Gasteiger partial charge is 0.384 e. The van der Waals surface area contributed by atoms with Gasteiger partial charge in [-0.1, -0.05) is 0 Å². The second kappa shape index (κ2) is 6.10. The summed E-state index contributed by atoms with van der Waals surface area (Å²) in [5, 5.41) is 7.37. The number of nitrogens with one attached hydrogen (secondary N) is 1. The number of nitrogen functional groups attached to an aromatic ring is 1. The van der Waals surface area contributed by atoms with E-state index in [2.05, 4.69) is 32.0 Å². The third kappa shape index (κ3) is 3.01. The fraction of sp³-hybridized carbons (Fsp3) is 0.412. The molecule has 3 aromatic heterocycles. The van der Waals surface area contributed by atoms with Gasteiger partial charge in [0.05, 0.1) is 6.20 Å². The van der Waals surface area contributed by atoms with Crippen LogP contribution in [-0.2, 0) is 0 Å². The molecule has 26 heavy (non-hydrogen) atoms. The molecule has 0 bridgehead atoms. The van der Waals surface area contributed by atoms with E-state index in [9.17, 15) is 0 Å². The van der Waals surface area contributed by atoms with E-state index in [0.717, 1.165) is 37.4 Å². The molecule has 9 heteroatoms. The minimum atomic E-state index is -0.0930.